The lowest BCUT2D eigenvalue weighted by molar-refractivity contribution is 0.328. The predicted octanol–water partition coefficient (Wildman–Crippen LogP) is 2.91. The standard InChI is InChI=1S/C17H19NO4/c1-20-14-6-8-15(9-7-14)22-11-10-18-12-13-4-3-5-16(21-2)17(13)19/h3-9,12,19H,10-11H2,1-2H3. The number of phenolic OH excluding ortho intramolecular Hbond substituents is 1. The quantitative estimate of drug-likeness (QED) is 0.631. The largest absolute Gasteiger partial charge is 0.504 e. The van der Waals surface area contributed by atoms with Gasteiger partial charge in [-0.3, -0.25) is 4.99 Å². The summed E-state index contributed by atoms with van der Waals surface area (Å²) >= 11 is 0. The highest BCUT2D eigenvalue weighted by molar-refractivity contribution is 5.84. The lowest BCUT2D eigenvalue weighted by atomic mass is 10.2. The fourth-order valence-corrected chi connectivity index (χ4v) is 1.86. The third kappa shape index (κ3) is 4.15. The number of ether oxygens (including phenoxy) is 3. The smallest absolute Gasteiger partial charge is 0.166 e. The van der Waals surface area contributed by atoms with Crippen molar-refractivity contribution in [3.8, 4) is 23.0 Å². The highest BCUT2D eigenvalue weighted by Crippen LogP contribution is 2.27. The van der Waals surface area contributed by atoms with E-state index < -0.39 is 0 Å². The van der Waals surface area contributed by atoms with Crippen LogP contribution in [0.1, 0.15) is 5.56 Å². The summed E-state index contributed by atoms with van der Waals surface area (Å²) in [6, 6.07) is 12.6. The number of methoxy groups -OCH3 is 2. The van der Waals surface area contributed by atoms with Crippen molar-refractivity contribution in [1.29, 1.82) is 0 Å². The maximum absolute atomic E-state index is 9.91. The van der Waals surface area contributed by atoms with E-state index >= 15 is 0 Å². The van der Waals surface area contributed by atoms with Gasteiger partial charge in [-0.05, 0) is 36.4 Å². The van der Waals surface area contributed by atoms with Gasteiger partial charge in [-0.1, -0.05) is 6.07 Å². The van der Waals surface area contributed by atoms with Crippen molar-refractivity contribution in [2.24, 2.45) is 4.99 Å². The Bertz CT molecular complexity index is 623. The van der Waals surface area contributed by atoms with Crippen LogP contribution in [0.25, 0.3) is 0 Å². The molecule has 1 N–H and O–H groups in total. The molecule has 0 aliphatic heterocycles. The van der Waals surface area contributed by atoms with Gasteiger partial charge in [0.2, 0.25) is 0 Å². The first-order valence-corrected chi connectivity index (χ1v) is 6.87. The summed E-state index contributed by atoms with van der Waals surface area (Å²) in [6.45, 7) is 0.941. The Balaban J connectivity index is 1.83. The minimum Gasteiger partial charge on any atom is -0.504 e. The Kier molecular flexibility index (Phi) is 5.65. The minimum atomic E-state index is 0.0878. The van der Waals surface area contributed by atoms with Gasteiger partial charge in [0.1, 0.15) is 18.1 Å². The van der Waals surface area contributed by atoms with Crippen LogP contribution < -0.4 is 14.2 Å². The van der Waals surface area contributed by atoms with Gasteiger partial charge in [-0.25, -0.2) is 0 Å². The van der Waals surface area contributed by atoms with Crippen LogP contribution >= 0.6 is 0 Å². The Labute approximate surface area is 129 Å². The molecule has 2 aromatic rings. The number of hydrogen-bond acceptors (Lipinski definition) is 5. The molecule has 2 rings (SSSR count). The summed E-state index contributed by atoms with van der Waals surface area (Å²) in [4.78, 5) is 4.24. The van der Waals surface area contributed by atoms with Crippen molar-refractivity contribution in [2.75, 3.05) is 27.4 Å². The molecule has 0 saturated heterocycles. The Hall–Kier alpha value is -2.69. The van der Waals surface area contributed by atoms with Gasteiger partial charge in [-0.2, -0.15) is 0 Å². The number of hydrogen-bond donors (Lipinski definition) is 1. The molecule has 0 radical (unpaired) electrons. The van der Waals surface area contributed by atoms with E-state index in [4.69, 9.17) is 14.2 Å². The van der Waals surface area contributed by atoms with E-state index in [2.05, 4.69) is 4.99 Å². The van der Waals surface area contributed by atoms with E-state index in [1.54, 1.807) is 31.5 Å². The summed E-state index contributed by atoms with van der Waals surface area (Å²) < 4.78 is 15.7. The average Bonchev–Trinajstić information content (AvgIpc) is 2.56. The summed E-state index contributed by atoms with van der Waals surface area (Å²) in [6.07, 6.45) is 1.61. The van der Waals surface area contributed by atoms with Crippen LogP contribution in [0.4, 0.5) is 0 Å². The molecule has 22 heavy (non-hydrogen) atoms. The van der Waals surface area contributed by atoms with Crippen molar-refractivity contribution in [3.05, 3.63) is 48.0 Å². The van der Waals surface area contributed by atoms with Crippen LogP contribution in [-0.2, 0) is 0 Å². The zero-order valence-corrected chi connectivity index (χ0v) is 12.7. The van der Waals surface area contributed by atoms with E-state index in [0.29, 0.717) is 24.5 Å². The molecule has 5 nitrogen and oxygen atoms in total. The molecule has 0 atom stereocenters. The Morgan fingerprint density at radius 1 is 1.00 bits per heavy atom. The molecule has 0 aliphatic rings. The van der Waals surface area contributed by atoms with Gasteiger partial charge in [0.15, 0.2) is 11.5 Å². The van der Waals surface area contributed by atoms with E-state index in [1.165, 1.54) is 7.11 Å². The first-order valence-electron chi connectivity index (χ1n) is 6.87. The van der Waals surface area contributed by atoms with Crippen molar-refractivity contribution >= 4 is 6.21 Å². The zero-order valence-electron chi connectivity index (χ0n) is 12.7. The zero-order chi connectivity index (χ0) is 15.8. The molecular formula is C17H19NO4. The third-order valence-corrected chi connectivity index (χ3v) is 3.03. The first kappa shape index (κ1) is 15.7. The minimum absolute atomic E-state index is 0.0878. The molecule has 0 spiro atoms. The molecule has 0 heterocycles. The summed E-state index contributed by atoms with van der Waals surface area (Å²) in [5.41, 5.74) is 0.615. The second kappa shape index (κ2) is 7.93. The highest BCUT2D eigenvalue weighted by Gasteiger charge is 2.04. The molecule has 0 fully saturated rings. The van der Waals surface area contributed by atoms with Gasteiger partial charge < -0.3 is 19.3 Å². The number of nitrogens with zero attached hydrogens (tertiary/aromatic N) is 1. The van der Waals surface area contributed by atoms with E-state index in [9.17, 15) is 5.11 Å². The summed E-state index contributed by atoms with van der Waals surface area (Å²) in [7, 11) is 3.14. The number of rotatable bonds is 7. The Morgan fingerprint density at radius 3 is 2.41 bits per heavy atom. The maximum Gasteiger partial charge on any atom is 0.166 e. The van der Waals surface area contributed by atoms with E-state index in [1.807, 2.05) is 24.3 Å². The fraction of sp³-hybridized carbons (Fsp3) is 0.235. The van der Waals surface area contributed by atoms with Crippen LogP contribution in [0.3, 0.4) is 0 Å². The highest BCUT2D eigenvalue weighted by atomic mass is 16.5. The molecular weight excluding hydrogens is 282 g/mol. The lowest BCUT2D eigenvalue weighted by Crippen LogP contribution is -2.01. The second-order valence-electron chi connectivity index (χ2n) is 4.46. The fourth-order valence-electron chi connectivity index (χ4n) is 1.86. The van der Waals surface area contributed by atoms with Crippen molar-refractivity contribution in [3.63, 3.8) is 0 Å². The van der Waals surface area contributed by atoms with Crippen LogP contribution in [0.5, 0.6) is 23.0 Å². The van der Waals surface area contributed by atoms with Gasteiger partial charge in [0.25, 0.3) is 0 Å². The molecule has 5 heteroatoms. The normalized spacial score (nSPS) is 10.6. The average molecular weight is 301 g/mol. The van der Waals surface area contributed by atoms with Gasteiger partial charge in [-0.15, -0.1) is 0 Å². The van der Waals surface area contributed by atoms with E-state index in [-0.39, 0.29) is 5.75 Å². The number of aromatic hydroxyl groups is 1. The number of phenols is 1. The molecule has 0 aromatic heterocycles. The molecule has 0 amide bonds. The lowest BCUT2D eigenvalue weighted by Gasteiger charge is -2.06. The number of benzene rings is 2. The van der Waals surface area contributed by atoms with Crippen LogP contribution in [0.2, 0.25) is 0 Å². The SMILES string of the molecule is COc1ccc(OCCN=Cc2cccc(OC)c2O)cc1. The Morgan fingerprint density at radius 2 is 1.73 bits per heavy atom. The monoisotopic (exact) mass is 301 g/mol. The third-order valence-electron chi connectivity index (χ3n) is 3.03. The summed E-state index contributed by atoms with van der Waals surface area (Å²) in [5, 5.41) is 9.91. The molecule has 0 saturated carbocycles. The molecule has 0 bridgehead atoms. The van der Waals surface area contributed by atoms with Gasteiger partial charge in [0.05, 0.1) is 20.8 Å². The van der Waals surface area contributed by atoms with Gasteiger partial charge >= 0.3 is 0 Å². The van der Waals surface area contributed by atoms with Crippen LogP contribution in [0.15, 0.2) is 47.5 Å². The van der Waals surface area contributed by atoms with Gasteiger partial charge in [0, 0.05) is 11.8 Å². The van der Waals surface area contributed by atoms with Crippen LogP contribution in [-0.4, -0.2) is 38.7 Å². The second-order valence-corrected chi connectivity index (χ2v) is 4.46. The predicted molar refractivity (Wildman–Crippen MR) is 85.6 cm³/mol. The first-order chi connectivity index (χ1) is 10.7. The molecule has 2 aromatic carbocycles. The van der Waals surface area contributed by atoms with Crippen LogP contribution in [0, 0.1) is 0 Å². The van der Waals surface area contributed by atoms with Crippen molar-refractivity contribution in [1.82, 2.24) is 0 Å². The summed E-state index contributed by atoms with van der Waals surface area (Å²) in [5.74, 6) is 2.07. The molecule has 0 aliphatic carbocycles. The molecule has 0 unspecified atom stereocenters. The molecule has 116 valence electrons. The van der Waals surface area contributed by atoms with E-state index in [0.717, 1.165) is 11.5 Å². The number of para-hydroxylation sites is 1. The van der Waals surface area contributed by atoms with Crippen molar-refractivity contribution < 1.29 is 19.3 Å². The maximum atomic E-state index is 9.91. The van der Waals surface area contributed by atoms with Crippen molar-refractivity contribution in [2.45, 2.75) is 0 Å². The topological polar surface area (TPSA) is 60.3 Å². The number of aliphatic imine (C=N–C) groups is 1.